The monoisotopic (exact) mass is 338 g/mol. The van der Waals surface area contributed by atoms with Gasteiger partial charge in [0, 0.05) is 0 Å². The summed E-state index contributed by atoms with van der Waals surface area (Å²) >= 11 is 0. The van der Waals surface area contributed by atoms with Gasteiger partial charge in [0.15, 0.2) is 0 Å². The Kier molecular flexibility index (Phi) is 8.97. The normalized spacial score (nSPS) is 11.2. The summed E-state index contributed by atoms with van der Waals surface area (Å²) in [6, 6.07) is 17.7. The Balaban J connectivity index is 0.000000271. The zero-order chi connectivity index (χ0) is 19.0. The lowest BCUT2D eigenvalue weighted by atomic mass is 9.90. The molecule has 0 aliphatic rings. The zero-order valence-electron chi connectivity index (χ0n) is 17.6. The van der Waals surface area contributed by atoms with Crippen LogP contribution in [0.25, 0.3) is 0 Å². The van der Waals surface area contributed by atoms with Crippen LogP contribution < -0.4 is 0 Å². The predicted molar refractivity (Wildman–Crippen MR) is 114 cm³/mol. The highest BCUT2D eigenvalue weighted by molar-refractivity contribution is 5.35. The molecule has 0 aromatic heterocycles. The lowest BCUT2D eigenvalue weighted by Crippen LogP contribution is -1.98. The smallest absolute Gasteiger partial charge is 0.0219 e. The summed E-state index contributed by atoms with van der Waals surface area (Å²) in [6.07, 6.45) is 1.20. The Morgan fingerprint density at radius 2 is 0.920 bits per heavy atom. The van der Waals surface area contributed by atoms with Gasteiger partial charge < -0.3 is 0 Å². The number of hydrogen-bond donors (Lipinski definition) is 0. The van der Waals surface area contributed by atoms with Crippen LogP contribution in [0.4, 0.5) is 0 Å². The molecule has 0 nitrogen and oxygen atoms in total. The summed E-state index contributed by atoms with van der Waals surface area (Å²) in [5, 5.41) is 0. The second kappa shape index (κ2) is 10.4. The van der Waals surface area contributed by atoms with E-state index in [1.54, 1.807) is 0 Å². The van der Waals surface area contributed by atoms with Gasteiger partial charge in [0.1, 0.15) is 0 Å². The van der Waals surface area contributed by atoms with Crippen LogP contribution in [0, 0.1) is 5.92 Å². The van der Waals surface area contributed by atoms with Crippen LogP contribution >= 0.6 is 0 Å². The third-order valence-corrected chi connectivity index (χ3v) is 4.49. The molecule has 0 atom stereocenters. The first kappa shape index (κ1) is 21.5. The fraction of sp³-hybridized carbons (Fsp3) is 0.520. The highest BCUT2D eigenvalue weighted by Gasteiger charge is 2.08. The van der Waals surface area contributed by atoms with Crippen molar-refractivity contribution in [2.45, 2.75) is 79.6 Å². The van der Waals surface area contributed by atoms with Gasteiger partial charge in [-0.15, -0.1) is 0 Å². The molecule has 0 amide bonds. The molecule has 0 saturated heterocycles. The van der Waals surface area contributed by atoms with E-state index >= 15 is 0 Å². The quantitative estimate of drug-likeness (QED) is 0.519. The van der Waals surface area contributed by atoms with E-state index in [-0.39, 0.29) is 0 Å². The molecule has 0 bridgehead atoms. The summed E-state index contributed by atoms with van der Waals surface area (Å²) in [7, 11) is 0. The van der Waals surface area contributed by atoms with E-state index < -0.39 is 0 Å². The lowest BCUT2D eigenvalue weighted by Gasteiger charge is -2.16. The fourth-order valence-electron chi connectivity index (χ4n) is 2.79. The highest BCUT2D eigenvalue weighted by atomic mass is 14.1. The molecule has 0 fully saturated rings. The molecule has 0 saturated carbocycles. The van der Waals surface area contributed by atoms with Crippen LogP contribution in [0.5, 0.6) is 0 Å². The van der Waals surface area contributed by atoms with Gasteiger partial charge in [0.05, 0.1) is 0 Å². The van der Waals surface area contributed by atoms with Crippen LogP contribution in [-0.2, 0) is 6.42 Å². The van der Waals surface area contributed by atoms with Crippen molar-refractivity contribution < 1.29 is 0 Å². The molecular formula is C25H38. The Labute approximate surface area is 156 Å². The molecule has 0 spiro atoms. The van der Waals surface area contributed by atoms with E-state index in [1.807, 2.05) is 0 Å². The van der Waals surface area contributed by atoms with Gasteiger partial charge in [-0.3, -0.25) is 0 Å². The van der Waals surface area contributed by atoms with Gasteiger partial charge in [-0.05, 0) is 52.3 Å². The highest BCUT2D eigenvalue weighted by Crippen LogP contribution is 2.26. The van der Waals surface area contributed by atoms with Crippen LogP contribution in [0.1, 0.15) is 95.4 Å². The van der Waals surface area contributed by atoms with Crippen molar-refractivity contribution in [3.05, 3.63) is 70.8 Å². The maximum Gasteiger partial charge on any atom is -0.0219 e. The number of benzene rings is 2. The van der Waals surface area contributed by atoms with Crippen molar-refractivity contribution >= 4 is 0 Å². The van der Waals surface area contributed by atoms with E-state index in [9.17, 15) is 0 Å². The van der Waals surface area contributed by atoms with Gasteiger partial charge in [0.2, 0.25) is 0 Å². The van der Waals surface area contributed by atoms with Crippen molar-refractivity contribution in [2.24, 2.45) is 5.92 Å². The summed E-state index contributed by atoms with van der Waals surface area (Å²) < 4.78 is 0. The summed E-state index contributed by atoms with van der Waals surface area (Å²) in [5.74, 6) is 2.64. The fourth-order valence-corrected chi connectivity index (χ4v) is 2.79. The van der Waals surface area contributed by atoms with Gasteiger partial charge in [-0.25, -0.2) is 0 Å². The first-order valence-electron chi connectivity index (χ1n) is 9.89. The largest absolute Gasteiger partial charge is 0.0625 e. The van der Waals surface area contributed by atoms with Gasteiger partial charge in [-0.2, -0.15) is 0 Å². The van der Waals surface area contributed by atoms with Crippen LogP contribution in [0.3, 0.4) is 0 Å². The average molecular weight is 339 g/mol. The molecule has 0 unspecified atom stereocenters. The minimum Gasteiger partial charge on any atom is -0.0625 e. The van der Waals surface area contributed by atoms with Crippen molar-refractivity contribution in [1.29, 1.82) is 0 Å². The Morgan fingerprint density at radius 1 is 0.560 bits per heavy atom. The maximum absolute atomic E-state index is 2.36. The molecule has 0 heterocycles. The summed E-state index contributed by atoms with van der Waals surface area (Å²) in [4.78, 5) is 0. The first-order chi connectivity index (χ1) is 11.7. The van der Waals surface area contributed by atoms with Crippen LogP contribution in [0.2, 0.25) is 0 Å². The van der Waals surface area contributed by atoms with Gasteiger partial charge in [0.25, 0.3) is 0 Å². The maximum atomic E-state index is 2.36. The Bertz CT molecular complexity index is 538. The molecule has 0 N–H and O–H groups in total. The molecule has 2 aromatic carbocycles. The van der Waals surface area contributed by atoms with Crippen molar-refractivity contribution in [3.8, 4) is 0 Å². The standard InChI is InChI=1S/C15H24.C10H14/c1-10(2)13-7-14(11(3)4)9-15(8-13)12(5)6;1-9(2)8-10-6-4-3-5-7-10/h7-12H,1-6H3;3-7,9H,8H2,1-2H3. The molecule has 0 aliphatic heterocycles. The van der Waals surface area contributed by atoms with E-state index in [4.69, 9.17) is 0 Å². The van der Waals surface area contributed by atoms with Crippen molar-refractivity contribution in [1.82, 2.24) is 0 Å². The summed E-state index contributed by atoms with van der Waals surface area (Å²) in [6.45, 7) is 18.1. The zero-order valence-corrected chi connectivity index (χ0v) is 17.6. The third kappa shape index (κ3) is 7.90. The predicted octanol–water partition coefficient (Wildman–Crippen LogP) is 7.94. The van der Waals surface area contributed by atoms with Crippen LogP contribution in [0.15, 0.2) is 48.5 Å². The molecule has 0 aliphatic carbocycles. The lowest BCUT2D eigenvalue weighted by molar-refractivity contribution is 0.647. The first-order valence-corrected chi connectivity index (χ1v) is 9.89. The molecule has 0 heteroatoms. The minimum atomic E-state index is 0.626. The molecule has 2 rings (SSSR count). The van der Waals surface area contributed by atoms with E-state index in [1.165, 1.54) is 28.7 Å². The topological polar surface area (TPSA) is 0 Å². The second-order valence-corrected chi connectivity index (χ2v) is 8.48. The van der Waals surface area contributed by atoms with E-state index in [0.717, 1.165) is 5.92 Å². The van der Waals surface area contributed by atoms with Gasteiger partial charge in [-0.1, -0.05) is 104 Å². The number of rotatable bonds is 5. The molecule has 25 heavy (non-hydrogen) atoms. The molecular weight excluding hydrogens is 300 g/mol. The minimum absolute atomic E-state index is 0.626. The van der Waals surface area contributed by atoms with Gasteiger partial charge >= 0.3 is 0 Å². The average Bonchev–Trinajstić information content (AvgIpc) is 2.55. The van der Waals surface area contributed by atoms with Crippen molar-refractivity contribution in [3.63, 3.8) is 0 Å². The molecule has 138 valence electrons. The van der Waals surface area contributed by atoms with E-state index in [2.05, 4.69) is 104 Å². The molecule has 2 aromatic rings. The number of hydrogen-bond acceptors (Lipinski definition) is 0. The second-order valence-electron chi connectivity index (χ2n) is 8.48. The van der Waals surface area contributed by atoms with Crippen molar-refractivity contribution in [2.75, 3.05) is 0 Å². The third-order valence-electron chi connectivity index (χ3n) is 4.49. The Hall–Kier alpha value is -1.56. The Morgan fingerprint density at radius 3 is 1.20 bits per heavy atom. The SMILES string of the molecule is CC(C)Cc1ccccc1.CC(C)c1cc(C(C)C)cc(C(C)C)c1. The van der Waals surface area contributed by atoms with E-state index in [0.29, 0.717) is 17.8 Å². The summed E-state index contributed by atoms with van der Waals surface area (Å²) in [5.41, 5.74) is 5.87. The molecule has 0 radical (unpaired) electrons. The van der Waals surface area contributed by atoms with Crippen LogP contribution in [-0.4, -0.2) is 0 Å².